The van der Waals surface area contributed by atoms with Crippen molar-refractivity contribution < 1.29 is 28.6 Å². The molecule has 0 aromatic carbocycles. The van der Waals surface area contributed by atoms with Crippen LogP contribution in [0.1, 0.15) is 213 Å². The van der Waals surface area contributed by atoms with E-state index in [1.54, 1.807) is 0 Å². The predicted molar refractivity (Wildman–Crippen MR) is 306 cm³/mol. The Hall–Kier alpha value is -4.97. The molecule has 0 atom stereocenters. The molecule has 0 aromatic rings. The Morgan fingerprint density at radius 3 is 0.789 bits per heavy atom. The van der Waals surface area contributed by atoms with E-state index < -0.39 is 12.1 Å². The summed E-state index contributed by atoms with van der Waals surface area (Å²) in [5, 5.41) is 0. The van der Waals surface area contributed by atoms with Crippen LogP contribution < -0.4 is 0 Å². The lowest BCUT2D eigenvalue weighted by Gasteiger charge is -2.18. The van der Waals surface area contributed by atoms with Crippen LogP contribution in [0.4, 0.5) is 0 Å². The topological polar surface area (TPSA) is 78.9 Å². The van der Waals surface area contributed by atoms with Crippen LogP contribution in [-0.2, 0) is 28.6 Å². The Bertz CT molecular complexity index is 1560. The molecule has 0 rings (SSSR count). The molecule has 0 aliphatic carbocycles. The molecule has 6 nitrogen and oxygen atoms in total. The smallest absolute Gasteiger partial charge is 0.306 e. The molecule has 0 bridgehead atoms. The van der Waals surface area contributed by atoms with Crippen LogP contribution in [0.2, 0.25) is 0 Å². The van der Waals surface area contributed by atoms with Crippen LogP contribution in [0.15, 0.2) is 158 Å². The van der Waals surface area contributed by atoms with E-state index in [9.17, 15) is 14.4 Å². The number of hydrogen-bond donors (Lipinski definition) is 0. The fraction of sp³-hybridized carbons (Fsp3) is 0.554. The van der Waals surface area contributed by atoms with Crippen molar-refractivity contribution in [3.05, 3.63) is 158 Å². The lowest BCUT2D eigenvalue weighted by Crippen LogP contribution is -2.30. The second-order valence-corrected chi connectivity index (χ2v) is 17.8. The van der Waals surface area contributed by atoms with Crippen molar-refractivity contribution in [1.29, 1.82) is 0 Å². The second-order valence-electron chi connectivity index (χ2n) is 17.8. The summed E-state index contributed by atoms with van der Waals surface area (Å²) in [4.78, 5) is 38.1. The molecule has 0 N–H and O–H groups in total. The van der Waals surface area contributed by atoms with Gasteiger partial charge in [-0.1, -0.05) is 217 Å². The maximum absolute atomic E-state index is 12.8. The van der Waals surface area contributed by atoms with Crippen molar-refractivity contribution in [2.45, 2.75) is 219 Å². The van der Waals surface area contributed by atoms with Gasteiger partial charge in [0.25, 0.3) is 0 Å². The van der Waals surface area contributed by atoms with Crippen LogP contribution in [-0.4, -0.2) is 37.2 Å². The Balaban J connectivity index is 4.71. The SMILES string of the molecule is CCCCC/C=C\C/C=C\C/C=C\C/C=C\C/C=C\CCC(=O)OC(COC(=O)CCC/C=C\C/C=C\C/C=C\C/C=C\CCCCC)COC(=O)CCC/C=C\C/C=C\C/C=C\C/C=C\CCCCC. The summed E-state index contributed by atoms with van der Waals surface area (Å²) in [6, 6.07) is 0. The minimum Gasteiger partial charge on any atom is -0.462 e. The summed E-state index contributed by atoms with van der Waals surface area (Å²) in [7, 11) is 0. The molecule has 0 aromatic heterocycles. The Kier molecular flexibility index (Phi) is 53.6. The number of ether oxygens (including phenoxy) is 3. The second kappa shape index (κ2) is 57.6. The highest BCUT2D eigenvalue weighted by atomic mass is 16.6. The van der Waals surface area contributed by atoms with E-state index in [4.69, 9.17) is 14.2 Å². The first kappa shape index (κ1) is 66.0. The molecule has 0 spiro atoms. The van der Waals surface area contributed by atoms with Gasteiger partial charge in [0.2, 0.25) is 0 Å². The fourth-order valence-electron chi connectivity index (χ4n) is 6.76. The molecule has 0 saturated heterocycles. The molecule has 6 heteroatoms. The minimum atomic E-state index is -0.870. The quantitative estimate of drug-likeness (QED) is 0.0262. The predicted octanol–water partition coefficient (Wildman–Crippen LogP) is 19.0. The van der Waals surface area contributed by atoms with Crippen molar-refractivity contribution in [3.8, 4) is 0 Å². The highest BCUT2D eigenvalue weighted by Gasteiger charge is 2.19. The number of carbonyl (C=O) groups is 3. The molecule has 71 heavy (non-hydrogen) atoms. The Labute approximate surface area is 435 Å². The molecule has 0 radical (unpaired) electrons. The van der Waals surface area contributed by atoms with Gasteiger partial charge in [0, 0.05) is 19.3 Å². The van der Waals surface area contributed by atoms with Crippen molar-refractivity contribution in [2.24, 2.45) is 0 Å². The van der Waals surface area contributed by atoms with Gasteiger partial charge < -0.3 is 14.2 Å². The van der Waals surface area contributed by atoms with E-state index >= 15 is 0 Å². The third kappa shape index (κ3) is 55.8. The molecule has 396 valence electrons. The summed E-state index contributed by atoms with van der Waals surface area (Å²) in [5.74, 6) is -1.16. The molecule has 0 heterocycles. The zero-order valence-corrected chi connectivity index (χ0v) is 45.2. The van der Waals surface area contributed by atoms with Gasteiger partial charge in [-0.15, -0.1) is 0 Å². The van der Waals surface area contributed by atoms with Crippen LogP contribution >= 0.6 is 0 Å². The summed E-state index contributed by atoms with van der Waals surface area (Å²) >= 11 is 0. The van der Waals surface area contributed by atoms with E-state index in [0.717, 1.165) is 77.0 Å². The zero-order valence-electron chi connectivity index (χ0n) is 45.2. The zero-order chi connectivity index (χ0) is 51.4. The molecular weight excluding hydrogens is 877 g/mol. The highest BCUT2D eigenvalue weighted by Crippen LogP contribution is 2.09. The van der Waals surface area contributed by atoms with E-state index in [1.165, 1.54) is 77.0 Å². The first-order chi connectivity index (χ1) is 35.0. The van der Waals surface area contributed by atoms with Crippen LogP contribution in [0, 0.1) is 0 Å². The van der Waals surface area contributed by atoms with Gasteiger partial charge in [-0.25, -0.2) is 0 Å². The molecule has 0 saturated carbocycles. The van der Waals surface area contributed by atoms with E-state index in [-0.39, 0.29) is 44.4 Å². The molecular formula is C65H100O6. The minimum absolute atomic E-state index is 0.160. The molecule has 0 unspecified atom stereocenters. The summed E-state index contributed by atoms with van der Waals surface area (Å²) in [6.45, 7) is 6.37. The lowest BCUT2D eigenvalue weighted by atomic mass is 10.2. The number of rotatable bonds is 48. The number of unbranched alkanes of at least 4 members (excludes halogenated alkanes) is 11. The fourth-order valence-corrected chi connectivity index (χ4v) is 6.76. The molecule has 0 amide bonds. The van der Waals surface area contributed by atoms with E-state index in [0.29, 0.717) is 19.3 Å². The van der Waals surface area contributed by atoms with Gasteiger partial charge in [0.15, 0.2) is 6.10 Å². The van der Waals surface area contributed by atoms with Gasteiger partial charge >= 0.3 is 17.9 Å². The van der Waals surface area contributed by atoms with Crippen molar-refractivity contribution in [2.75, 3.05) is 13.2 Å². The van der Waals surface area contributed by atoms with Crippen molar-refractivity contribution in [3.63, 3.8) is 0 Å². The standard InChI is InChI=1S/C65H100O6/c1-4-7-10-13-16-19-22-25-28-31-32-35-38-41-44-47-50-53-56-59-65(68)71-62(60-69-63(66)57-54-51-48-45-42-39-36-33-29-26-23-20-17-14-11-8-5-2)61-70-64(67)58-55-52-49-46-43-40-37-34-30-27-24-21-18-15-12-9-6-3/h16-21,25-30,32,35-37,39-41,44-46,48-50,53,62H,4-15,22-24,31,33-34,38,42-43,47,51-52,54-61H2,1-3H3/b19-16-,20-17-,21-18-,28-25-,29-26-,30-27-,35-32-,39-36-,40-37-,44-41-,48-45-,49-46-,53-50-. The number of allylic oxidation sites excluding steroid dienone is 26. The first-order valence-electron chi connectivity index (χ1n) is 28.0. The van der Waals surface area contributed by atoms with Gasteiger partial charge in [-0.2, -0.15) is 0 Å². The molecule has 0 aliphatic heterocycles. The summed E-state index contributed by atoms with van der Waals surface area (Å²) in [5.41, 5.74) is 0. The first-order valence-corrected chi connectivity index (χ1v) is 28.0. The van der Waals surface area contributed by atoms with E-state index in [1.807, 2.05) is 12.2 Å². The third-order valence-electron chi connectivity index (χ3n) is 11.0. The van der Waals surface area contributed by atoms with Gasteiger partial charge in [-0.3, -0.25) is 14.4 Å². The lowest BCUT2D eigenvalue weighted by molar-refractivity contribution is -0.166. The number of esters is 3. The van der Waals surface area contributed by atoms with Crippen LogP contribution in [0.3, 0.4) is 0 Å². The van der Waals surface area contributed by atoms with Gasteiger partial charge in [-0.05, 0) is 135 Å². The largest absolute Gasteiger partial charge is 0.462 e. The Morgan fingerprint density at radius 2 is 0.521 bits per heavy atom. The normalized spacial score (nSPS) is 13.0. The number of carbonyl (C=O) groups excluding carboxylic acids is 3. The maximum atomic E-state index is 12.8. The average Bonchev–Trinajstić information content (AvgIpc) is 3.37. The maximum Gasteiger partial charge on any atom is 0.306 e. The highest BCUT2D eigenvalue weighted by molar-refractivity contribution is 5.71. The molecule has 0 fully saturated rings. The van der Waals surface area contributed by atoms with Gasteiger partial charge in [0.1, 0.15) is 13.2 Å². The number of hydrogen-bond acceptors (Lipinski definition) is 6. The van der Waals surface area contributed by atoms with Crippen LogP contribution in [0.25, 0.3) is 0 Å². The van der Waals surface area contributed by atoms with Gasteiger partial charge in [0.05, 0.1) is 0 Å². The summed E-state index contributed by atoms with van der Waals surface area (Å²) < 4.78 is 16.7. The monoisotopic (exact) mass is 977 g/mol. The third-order valence-corrected chi connectivity index (χ3v) is 11.0. The Morgan fingerprint density at radius 1 is 0.282 bits per heavy atom. The van der Waals surface area contributed by atoms with E-state index in [2.05, 4.69) is 167 Å². The van der Waals surface area contributed by atoms with Crippen molar-refractivity contribution in [1.82, 2.24) is 0 Å². The average molecular weight is 978 g/mol. The van der Waals surface area contributed by atoms with Crippen molar-refractivity contribution >= 4 is 17.9 Å². The summed E-state index contributed by atoms with van der Waals surface area (Å²) in [6.07, 6.45) is 83.9. The van der Waals surface area contributed by atoms with Crippen LogP contribution in [0.5, 0.6) is 0 Å². The molecule has 0 aliphatic rings.